The molecular weight excluding hydrogens is 301 g/mol. The maximum absolute atomic E-state index is 12.1. The van der Waals surface area contributed by atoms with Gasteiger partial charge in [-0.05, 0) is 43.0 Å². The summed E-state index contributed by atoms with van der Waals surface area (Å²) in [5.41, 5.74) is 1.33. The second kappa shape index (κ2) is 7.62. The summed E-state index contributed by atoms with van der Waals surface area (Å²) in [7, 11) is 0. The van der Waals surface area contributed by atoms with Gasteiger partial charge in [-0.25, -0.2) is 0 Å². The lowest BCUT2D eigenvalue weighted by atomic mass is 10.2. The minimum Gasteiger partial charge on any atom is -0.348 e. The van der Waals surface area contributed by atoms with Crippen molar-refractivity contribution in [1.82, 2.24) is 5.32 Å². The number of rotatable bonds is 4. The summed E-state index contributed by atoms with van der Waals surface area (Å²) < 4.78 is 36.3. The summed E-state index contributed by atoms with van der Waals surface area (Å²) in [5.74, 6) is -0.350. The molecule has 1 aromatic rings. The largest absolute Gasteiger partial charge is 0.446 e. The molecular formula is C11H14ClF3N2OS. The Labute approximate surface area is 119 Å². The molecule has 1 aromatic carbocycles. The lowest BCUT2D eigenvalue weighted by molar-refractivity contribution is -0.0328. The summed E-state index contributed by atoms with van der Waals surface area (Å²) in [5, 5.41) is 2.62. The number of hydrogen-bond donors (Lipinski definition) is 2. The van der Waals surface area contributed by atoms with Crippen LogP contribution >= 0.6 is 24.2 Å². The molecule has 8 heteroatoms. The standard InChI is InChI=1S/C11H13F3N2OS.ClH/c1-7(6-15)16-10(17)8-2-4-9(5-3-8)18-11(12,13)14;/h2-5,7H,6,15H2,1H3,(H,16,17);1H/t7-;/m0./s1. The third-order valence-corrected chi connectivity index (χ3v) is 2.82. The Bertz CT molecular complexity index is 411. The van der Waals surface area contributed by atoms with E-state index in [4.69, 9.17) is 5.73 Å². The van der Waals surface area contributed by atoms with Gasteiger partial charge in [-0.15, -0.1) is 12.4 Å². The predicted molar refractivity (Wildman–Crippen MR) is 71.6 cm³/mol. The number of amides is 1. The quantitative estimate of drug-likeness (QED) is 0.840. The highest BCUT2D eigenvalue weighted by molar-refractivity contribution is 8.00. The average molecular weight is 315 g/mol. The first-order chi connectivity index (χ1) is 8.31. The van der Waals surface area contributed by atoms with Crippen molar-refractivity contribution in [3.05, 3.63) is 29.8 Å². The summed E-state index contributed by atoms with van der Waals surface area (Å²) >= 11 is -0.212. The summed E-state index contributed by atoms with van der Waals surface area (Å²) in [4.78, 5) is 11.7. The molecule has 3 nitrogen and oxygen atoms in total. The second-order valence-corrected chi connectivity index (χ2v) is 4.82. The van der Waals surface area contributed by atoms with E-state index in [-0.39, 0.29) is 41.0 Å². The molecule has 0 bridgehead atoms. The molecule has 0 saturated heterocycles. The van der Waals surface area contributed by atoms with Gasteiger partial charge in [-0.1, -0.05) is 0 Å². The van der Waals surface area contributed by atoms with Gasteiger partial charge in [0.05, 0.1) is 0 Å². The van der Waals surface area contributed by atoms with E-state index in [0.717, 1.165) is 0 Å². The molecule has 3 N–H and O–H groups in total. The first kappa shape index (κ1) is 18.1. The van der Waals surface area contributed by atoms with Crippen molar-refractivity contribution in [3.8, 4) is 0 Å². The van der Waals surface area contributed by atoms with Gasteiger partial charge in [0.15, 0.2) is 0 Å². The Morgan fingerprint density at radius 1 is 1.37 bits per heavy atom. The van der Waals surface area contributed by atoms with Gasteiger partial charge in [-0.2, -0.15) is 13.2 Å². The lowest BCUT2D eigenvalue weighted by Gasteiger charge is -2.11. The second-order valence-electron chi connectivity index (χ2n) is 3.68. The lowest BCUT2D eigenvalue weighted by Crippen LogP contribution is -2.37. The van der Waals surface area contributed by atoms with Crippen LogP contribution in [0.25, 0.3) is 0 Å². The molecule has 0 aromatic heterocycles. The van der Waals surface area contributed by atoms with Crippen LogP contribution in [0.15, 0.2) is 29.2 Å². The van der Waals surface area contributed by atoms with Gasteiger partial charge >= 0.3 is 5.51 Å². The molecule has 108 valence electrons. The van der Waals surface area contributed by atoms with Crippen molar-refractivity contribution in [2.45, 2.75) is 23.4 Å². The van der Waals surface area contributed by atoms with Gasteiger partial charge in [0.2, 0.25) is 0 Å². The molecule has 0 saturated carbocycles. The molecule has 19 heavy (non-hydrogen) atoms. The number of hydrogen-bond acceptors (Lipinski definition) is 3. The highest BCUT2D eigenvalue weighted by atomic mass is 35.5. The van der Waals surface area contributed by atoms with Crippen molar-refractivity contribution < 1.29 is 18.0 Å². The number of halogens is 4. The van der Waals surface area contributed by atoms with E-state index in [2.05, 4.69) is 5.32 Å². The Hall–Kier alpha value is -0.920. The van der Waals surface area contributed by atoms with E-state index < -0.39 is 5.51 Å². The number of nitrogens with one attached hydrogen (secondary N) is 1. The predicted octanol–water partition coefficient (Wildman–Crippen LogP) is 2.80. The van der Waals surface area contributed by atoms with Crippen molar-refractivity contribution in [1.29, 1.82) is 0 Å². The Morgan fingerprint density at radius 2 is 1.89 bits per heavy atom. The van der Waals surface area contributed by atoms with Crippen molar-refractivity contribution in [2.75, 3.05) is 6.54 Å². The fourth-order valence-corrected chi connectivity index (χ4v) is 1.71. The zero-order valence-electron chi connectivity index (χ0n) is 10.0. The highest BCUT2D eigenvalue weighted by Crippen LogP contribution is 2.36. The van der Waals surface area contributed by atoms with Crippen LogP contribution in [0.1, 0.15) is 17.3 Å². The fraction of sp³-hybridized carbons (Fsp3) is 0.364. The van der Waals surface area contributed by atoms with Crippen LogP contribution in [0.2, 0.25) is 0 Å². The van der Waals surface area contributed by atoms with Gasteiger partial charge in [0.25, 0.3) is 5.91 Å². The van der Waals surface area contributed by atoms with Crippen molar-refractivity contribution >= 4 is 30.1 Å². The van der Waals surface area contributed by atoms with Gasteiger partial charge in [0, 0.05) is 23.0 Å². The molecule has 0 heterocycles. The fourth-order valence-electron chi connectivity index (χ4n) is 1.17. The molecule has 0 radical (unpaired) electrons. The monoisotopic (exact) mass is 314 g/mol. The number of alkyl halides is 3. The molecule has 0 aliphatic carbocycles. The Kier molecular flexibility index (Phi) is 7.25. The number of carbonyl (C=O) groups is 1. The first-order valence-corrected chi connectivity index (χ1v) is 6.00. The van der Waals surface area contributed by atoms with Crippen LogP contribution < -0.4 is 11.1 Å². The van der Waals surface area contributed by atoms with E-state index in [9.17, 15) is 18.0 Å². The number of nitrogens with two attached hydrogens (primary N) is 1. The zero-order valence-corrected chi connectivity index (χ0v) is 11.7. The molecule has 0 fully saturated rings. The maximum Gasteiger partial charge on any atom is 0.446 e. The zero-order chi connectivity index (χ0) is 13.8. The molecule has 0 unspecified atom stereocenters. The summed E-state index contributed by atoms with van der Waals surface area (Å²) in [6, 6.07) is 5.06. The minimum absolute atomic E-state index is 0. The van der Waals surface area contributed by atoms with Crippen LogP contribution in [0.4, 0.5) is 13.2 Å². The maximum atomic E-state index is 12.1. The summed E-state index contributed by atoms with van der Waals surface area (Å²) in [6.45, 7) is 2.04. The third kappa shape index (κ3) is 6.70. The van der Waals surface area contributed by atoms with Crippen LogP contribution in [0, 0.1) is 0 Å². The van der Waals surface area contributed by atoms with Gasteiger partial charge in [-0.3, -0.25) is 4.79 Å². The molecule has 1 rings (SSSR count). The van der Waals surface area contributed by atoms with Gasteiger partial charge < -0.3 is 11.1 Å². The third-order valence-electron chi connectivity index (χ3n) is 2.08. The van der Waals surface area contributed by atoms with Gasteiger partial charge in [0.1, 0.15) is 0 Å². The van der Waals surface area contributed by atoms with Crippen LogP contribution in [-0.2, 0) is 0 Å². The van der Waals surface area contributed by atoms with E-state index in [1.54, 1.807) is 6.92 Å². The average Bonchev–Trinajstić information content (AvgIpc) is 2.27. The minimum atomic E-state index is -4.32. The first-order valence-electron chi connectivity index (χ1n) is 5.18. The highest BCUT2D eigenvalue weighted by Gasteiger charge is 2.29. The smallest absolute Gasteiger partial charge is 0.348 e. The van der Waals surface area contributed by atoms with Crippen LogP contribution in [0.3, 0.4) is 0 Å². The van der Waals surface area contributed by atoms with Crippen molar-refractivity contribution in [3.63, 3.8) is 0 Å². The van der Waals surface area contributed by atoms with E-state index in [1.165, 1.54) is 24.3 Å². The van der Waals surface area contributed by atoms with Crippen LogP contribution in [-0.4, -0.2) is 24.0 Å². The number of carbonyl (C=O) groups excluding carboxylic acids is 1. The van der Waals surface area contributed by atoms with E-state index in [1.807, 2.05) is 0 Å². The van der Waals surface area contributed by atoms with E-state index in [0.29, 0.717) is 12.1 Å². The van der Waals surface area contributed by atoms with Crippen molar-refractivity contribution in [2.24, 2.45) is 5.73 Å². The number of benzene rings is 1. The SMILES string of the molecule is C[C@@H](CN)NC(=O)c1ccc(SC(F)(F)F)cc1.Cl. The number of thioether (sulfide) groups is 1. The Balaban J connectivity index is 0.00000324. The normalized spacial score (nSPS) is 12.5. The molecule has 1 atom stereocenters. The molecule has 0 aliphatic heterocycles. The topological polar surface area (TPSA) is 55.1 Å². The van der Waals surface area contributed by atoms with Crippen LogP contribution in [0.5, 0.6) is 0 Å². The molecule has 1 amide bonds. The molecule has 0 spiro atoms. The Morgan fingerprint density at radius 3 is 2.32 bits per heavy atom. The summed E-state index contributed by atoms with van der Waals surface area (Å²) in [6.07, 6.45) is 0. The van der Waals surface area contributed by atoms with E-state index >= 15 is 0 Å². The molecule has 0 aliphatic rings.